The van der Waals surface area contributed by atoms with Gasteiger partial charge in [0.1, 0.15) is 5.82 Å². The van der Waals surface area contributed by atoms with E-state index in [4.69, 9.17) is 4.52 Å². The summed E-state index contributed by atoms with van der Waals surface area (Å²) in [6.07, 6.45) is 4.32. The second kappa shape index (κ2) is 6.35. The van der Waals surface area contributed by atoms with E-state index in [1.165, 1.54) is 6.07 Å². The van der Waals surface area contributed by atoms with Crippen molar-refractivity contribution in [2.45, 2.75) is 44.6 Å². The van der Waals surface area contributed by atoms with Crippen molar-refractivity contribution in [3.05, 3.63) is 36.0 Å². The van der Waals surface area contributed by atoms with Crippen LogP contribution in [0.3, 0.4) is 0 Å². The number of hydrogen-bond donors (Lipinski definition) is 1. The molecule has 0 saturated heterocycles. The largest absolute Gasteiger partial charge is 0.339 e. The quantitative estimate of drug-likeness (QED) is 0.935. The summed E-state index contributed by atoms with van der Waals surface area (Å²) in [5, 5.41) is 7.41. The van der Waals surface area contributed by atoms with Crippen LogP contribution in [0.15, 0.2) is 28.8 Å². The van der Waals surface area contributed by atoms with E-state index >= 15 is 0 Å². The SMILES string of the molecule is CCNC1CCC(c2nc(-c3ccccc3F)no2)CC1. The second-order valence-electron chi connectivity index (χ2n) is 5.54. The Kier molecular flexibility index (Phi) is 4.29. The van der Waals surface area contributed by atoms with Crippen molar-refractivity contribution in [3.63, 3.8) is 0 Å². The van der Waals surface area contributed by atoms with Crippen LogP contribution in [0.2, 0.25) is 0 Å². The summed E-state index contributed by atoms with van der Waals surface area (Å²) >= 11 is 0. The Hall–Kier alpha value is -1.75. The van der Waals surface area contributed by atoms with E-state index in [9.17, 15) is 4.39 Å². The maximum Gasteiger partial charge on any atom is 0.230 e. The first-order chi connectivity index (χ1) is 10.3. The van der Waals surface area contributed by atoms with Gasteiger partial charge in [-0.25, -0.2) is 4.39 Å². The molecule has 5 heteroatoms. The minimum absolute atomic E-state index is 0.299. The lowest BCUT2D eigenvalue weighted by Gasteiger charge is -2.26. The van der Waals surface area contributed by atoms with E-state index in [0.717, 1.165) is 32.2 Å². The van der Waals surface area contributed by atoms with Crippen LogP contribution in [-0.4, -0.2) is 22.7 Å². The van der Waals surface area contributed by atoms with Gasteiger partial charge in [-0.15, -0.1) is 0 Å². The van der Waals surface area contributed by atoms with Crippen LogP contribution in [0.4, 0.5) is 4.39 Å². The van der Waals surface area contributed by atoms with Gasteiger partial charge in [-0.3, -0.25) is 0 Å². The summed E-state index contributed by atoms with van der Waals surface area (Å²) in [7, 11) is 0. The monoisotopic (exact) mass is 289 g/mol. The minimum atomic E-state index is -0.319. The molecule has 1 saturated carbocycles. The van der Waals surface area contributed by atoms with Gasteiger partial charge in [-0.2, -0.15) is 4.98 Å². The van der Waals surface area contributed by atoms with Gasteiger partial charge in [0.2, 0.25) is 11.7 Å². The third-order valence-electron chi connectivity index (χ3n) is 4.13. The number of halogens is 1. The van der Waals surface area contributed by atoms with Crippen LogP contribution in [0.1, 0.15) is 44.4 Å². The molecule has 1 N–H and O–H groups in total. The molecule has 112 valence electrons. The Morgan fingerprint density at radius 3 is 2.71 bits per heavy atom. The predicted octanol–water partition coefficient (Wildman–Crippen LogP) is 3.51. The standard InChI is InChI=1S/C16H20FN3O/c1-2-18-12-9-7-11(8-10-12)16-19-15(20-21-16)13-5-3-4-6-14(13)17/h3-6,11-12,18H,2,7-10H2,1H3. The average molecular weight is 289 g/mol. The first-order valence-electron chi connectivity index (χ1n) is 7.59. The highest BCUT2D eigenvalue weighted by Crippen LogP contribution is 2.33. The Morgan fingerprint density at radius 2 is 2.00 bits per heavy atom. The summed E-state index contributed by atoms with van der Waals surface area (Å²) in [6, 6.07) is 7.11. The first-order valence-corrected chi connectivity index (χ1v) is 7.59. The molecule has 21 heavy (non-hydrogen) atoms. The van der Waals surface area contributed by atoms with E-state index in [-0.39, 0.29) is 5.82 Å². The van der Waals surface area contributed by atoms with Crippen molar-refractivity contribution in [2.24, 2.45) is 0 Å². The van der Waals surface area contributed by atoms with Crippen LogP contribution in [0.5, 0.6) is 0 Å². The molecule has 1 aliphatic carbocycles. The Bertz CT molecular complexity index is 591. The third kappa shape index (κ3) is 3.13. The number of nitrogens with one attached hydrogen (secondary N) is 1. The van der Waals surface area contributed by atoms with Gasteiger partial charge in [0.15, 0.2) is 0 Å². The van der Waals surface area contributed by atoms with Crippen molar-refractivity contribution in [2.75, 3.05) is 6.54 Å². The molecular formula is C16H20FN3O. The van der Waals surface area contributed by atoms with Crippen molar-refractivity contribution >= 4 is 0 Å². The molecule has 0 aliphatic heterocycles. The van der Waals surface area contributed by atoms with Crippen molar-refractivity contribution in [3.8, 4) is 11.4 Å². The molecule has 0 radical (unpaired) electrons. The van der Waals surface area contributed by atoms with Crippen LogP contribution in [0.25, 0.3) is 11.4 Å². The van der Waals surface area contributed by atoms with Gasteiger partial charge in [0.25, 0.3) is 0 Å². The number of rotatable bonds is 4. The number of benzene rings is 1. The minimum Gasteiger partial charge on any atom is -0.339 e. The van der Waals surface area contributed by atoms with E-state index in [2.05, 4.69) is 22.4 Å². The zero-order valence-electron chi connectivity index (χ0n) is 12.2. The summed E-state index contributed by atoms with van der Waals surface area (Å²) in [5.74, 6) is 0.966. The average Bonchev–Trinajstić information content (AvgIpc) is 2.98. The van der Waals surface area contributed by atoms with E-state index in [1.54, 1.807) is 18.2 Å². The summed E-state index contributed by atoms with van der Waals surface area (Å²) in [4.78, 5) is 4.40. The van der Waals surface area contributed by atoms with E-state index in [0.29, 0.717) is 29.2 Å². The summed E-state index contributed by atoms with van der Waals surface area (Å²) in [6.45, 7) is 3.14. The summed E-state index contributed by atoms with van der Waals surface area (Å²) < 4.78 is 19.1. The molecule has 3 rings (SSSR count). The maximum absolute atomic E-state index is 13.7. The fraction of sp³-hybridized carbons (Fsp3) is 0.500. The molecule has 0 unspecified atom stereocenters. The normalized spacial score (nSPS) is 22.4. The lowest BCUT2D eigenvalue weighted by atomic mass is 9.86. The van der Waals surface area contributed by atoms with Gasteiger partial charge in [0.05, 0.1) is 5.56 Å². The highest BCUT2D eigenvalue weighted by Gasteiger charge is 2.26. The molecule has 1 heterocycles. The molecule has 0 atom stereocenters. The smallest absolute Gasteiger partial charge is 0.230 e. The van der Waals surface area contributed by atoms with Gasteiger partial charge in [0, 0.05) is 12.0 Å². The molecule has 1 aliphatic rings. The van der Waals surface area contributed by atoms with Crippen LogP contribution < -0.4 is 5.32 Å². The van der Waals surface area contributed by atoms with Gasteiger partial charge in [-0.05, 0) is 44.4 Å². The van der Waals surface area contributed by atoms with Crippen LogP contribution in [-0.2, 0) is 0 Å². The van der Waals surface area contributed by atoms with Crippen molar-refractivity contribution in [1.29, 1.82) is 0 Å². The zero-order chi connectivity index (χ0) is 14.7. The highest BCUT2D eigenvalue weighted by atomic mass is 19.1. The Morgan fingerprint density at radius 1 is 1.24 bits per heavy atom. The van der Waals surface area contributed by atoms with Gasteiger partial charge >= 0.3 is 0 Å². The van der Waals surface area contributed by atoms with Crippen molar-refractivity contribution < 1.29 is 8.91 Å². The molecule has 2 aromatic rings. The van der Waals surface area contributed by atoms with Gasteiger partial charge in [-0.1, -0.05) is 24.2 Å². The third-order valence-corrected chi connectivity index (χ3v) is 4.13. The zero-order valence-corrected chi connectivity index (χ0v) is 12.2. The van der Waals surface area contributed by atoms with Crippen LogP contribution >= 0.6 is 0 Å². The van der Waals surface area contributed by atoms with Crippen LogP contribution in [0, 0.1) is 5.82 Å². The summed E-state index contributed by atoms with van der Waals surface area (Å²) in [5.41, 5.74) is 0.397. The van der Waals surface area contributed by atoms with E-state index in [1.807, 2.05) is 0 Å². The van der Waals surface area contributed by atoms with Crippen molar-refractivity contribution in [1.82, 2.24) is 15.5 Å². The number of aromatic nitrogens is 2. The topological polar surface area (TPSA) is 51.0 Å². The predicted molar refractivity (Wildman–Crippen MR) is 78.4 cm³/mol. The molecule has 0 spiro atoms. The van der Waals surface area contributed by atoms with Gasteiger partial charge < -0.3 is 9.84 Å². The molecule has 1 aromatic heterocycles. The molecule has 4 nitrogen and oxygen atoms in total. The maximum atomic E-state index is 13.7. The van der Waals surface area contributed by atoms with E-state index < -0.39 is 0 Å². The lowest BCUT2D eigenvalue weighted by molar-refractivity contribution is 0.284. The molecule has 0 amide bonds. The second-order valence-corrected chi connectivity index (χ2v) is 5.54. The first kappa shape index (κ1) is 14.2. The molecule has 1 aromatic carbocycles. The fourth-order valence-corrected chi connectivity index (χ4v) is 2.99. The molecule has 0 bridgehead atoms. The Labute approximate surface area is 123 Å². The highest BCUT2D eigenvalue weighted by molar-refractivity contribution is 5.54. The Balaban J connectivity index is 1.70. The molecular weight excluding hydrogens is 269 g/mol. The number of nitrogens with zero attached hydrogens (tertiary/aromatic N) is 2. The molecule has 1 fully saturated rings. The fourth-order valence-electron chi connectivity index (χ4n) is 2.99. The lowest BCUT2D eigenvalue weighted by Crippen LogP contribution is -2.32. The number of hydrogen-bond acceptors (Lipinski definition) is 4.